The number of amides is 1. The fourth-order valence-corrected chi connectivity index (χ4v) is 3.79. The van der Waals surface area contributed by atoms with Crippen LogP contribution in [-0.2, 0) is 11.2 Å². The number of fused-ring (bicyclic) bond motifs is 1. The van der Waals surface area contributed by atoms with Crippen LogP contribution in [0.2, 0.25) is 0 Å². The molecule has 0 N–H and O–H groups in total. The summed E-state index contributed by atoms with van der Waals surface area (Å²) in [7, 11) is 0. The summed E-state index contributed by atoms with van der Waals surface area (Å²) >= 11 is 0. The molecular weight excluding hydrogens is 332 g/mol. The molecule has 26 heavy (non-hydrogen) atoms. The summed E-state index contributed by atoms with van der Waals surface area (Å²) in [6, 6.07) is 1.93. The van der Waals surface area contributed by atoms with Gasteiger partial charge in [-0.2, -0.15) is 10.1 Å². The zero-order valence-corrected chi connectivity index (χ0v) is 15.3. The molecule has 1 aliphatic rings. The van der Waals surface area contributed by atoms with Crippen LogP contribution >= 0.6 is 0 Å². The van der Waals surface area contributed by atoms with Crippen LogP contribution in [0.3, 0.4) is 0 Å². The van der Waals surface area contributed by atoms with E-state index >= 15 is 0 Å². The van der Waals surface area contributed by atoms with Gasteiger partial charge >= 0.3 is 0 Å². The number of aryl methyl sites for hydroxylation is 3. The zero-order chi connectivity index (χ0) is 18.3. The molecule has 0 radical (unpaired) electrons. The van der Waals surface area contributed by atoms with E-state index in [0.29, 0.717) is 18.6 Å². The molecule has 0 aromatic carbocycles. The van der Waals surface area contributed by atoms with E-state index in [-0.39, 0.29) is 11.9 Å². The van der Waals surface area contributed by atoms with E-state index in [1.165, 1.54) is 6.33 Å². The van der Waals surface area contributed by atoms with Gasteiger partial charge in [-0.1, -0.05) is 5.16 Å². The highest BCUT2D eigenvalue weighted by Crippen LogP contribution is 2.33. The first-order valence-electron chi connectivity index (χ1n) is 8.93. The lowest BCUT2D eigenvalue weighted by atomic mass is 10.1. The fraction of sp³-hybridized carbons (Fsp3) is 0.500. The predicted octanol–water partition coefficient (Wildman–Crippen LogP) is 2.33. The topological polar surface area (TPSA) is 89.4 Å². The molecule has 0 aliphatic carbocycles. The average Bonchev–Trinajstić information content (AvgIpc) is 3.33. The van der Waals surface area contributed by atoms with Crippen LogP contribution in [-0.4, -0.2) is 42.1 Å². The van der Waals surface area contributed by atoms with Gasteiger partial charge in [-0.05, 0) is 45.6 Å². The van der Waals surface area contributed by atoms with Crippen LogP contribution in [0.25, 0.3) is 5.78 Å². The maximum Gasteiger partial charge on any atom is 0.252 e. The Labute approximate surface area is 151 Å². The molecule has 4 rings (SSSR count). The Balaban J connectivity index is 1.50. The highest BCUT2D eigenvalue weighted by atomic mass is 16.5. The van der Waals surface area contributed by atoms with Crippen molar-refractivity contribution in [2.45, 2.75) is 52.5 Å². The SMILES string of the molecule is Cc1cc([C@@H]2CCCN2C(=O)CCc2c(C)nc3ncnn3c2C)on1. The first-order chi connectivity index (χ1) is 12.5. The van der Waals surface area contributed by atoms with Crippen molar-refractivity contribution in [3.63, 3.8) is 0 Å². The maximum absolute atomic E-state index is 12.9. The molecule has 8 heteroatoms. The van der Waals surface area contributed by atoms with Gasteiger partial charge in [0.2, 0.25) is 5.91 Å². The van der Waals surface area contributed by atoms with E-state index < -0.39 is 0 Å². The molecule has 136 valence electrons. The molecule has 1 aliphatic heterocycles. The second-order valence-corrected chi connectivity index (χ2v) is 6.85. The minimum Gasteiger partial charge on any atom is -0.359 e. The number of hydrogen-bond acceptors (Lipinski definition) is 6. The van der Waals surface area contributed by atoms with Crippen LogP contribution in [0.1, 0.15) is 53.7 Å². The van der Waals surface area contributed by atoms with Crippen LogP contribution < -0.4 is 0 Å². The second-order valence-electron chi connectivity index (χ2n) is 6.85. The van der Waals surface area contributed by atoms with Crippen molar-refractivity contribution >= 4 is 11.7 Å². The van der Waals surface area contributed by atoms with Crippen molar-refractivity contribution in [3.8, 4) is 0 Å². The minimum atomic E-state index is 0.00168. The van der Waals surface area contributed by atoms with Crippen LogP contribution in [0.4, 0.5) is 0 Å². The average molecular weight is 354 g/mol. The van der Waals surface area contributed by atoms with Crippen molar-refractivity contribution < 1.29 is 9.32 Å². The van der Waals surface area contributed by atoms with Gasteiger partial charge in [0.15, 0.2) is 5.76 Å². The second kappa shape index (κ2) is 6.51. The summed E-state index contributed by atoms with van der Waals surface area (Å²) in [6.07, 6.45) is 4.48. The molecular formula is C18H22N6O2. The Bertz CT molecular complexity index is 960. The number of nitrogens with zero attached hydrogens (tertiary/aromatic N) is 6. The number of carbonyl (C=O) groups excluding carboxylic acids is 1. The lowest BCUT2D eigenvalue weighted by Gasteiger charge is -2.23. The lowest BCUT2D eigenvalue weighted by Crippen LogP contribution is -2.30. The number of likely N-dealkylation sites (tertiary alicyclic amines) is 1. The lowest BCUT2D eigenvalue weighted by molar-refractivity contribution is -0.132. The van der Waals surface area contributed by atoms with Gasteiger partial charge in [-0.25, -0.2) is 9.50 Å². The predicted molar refractivity (Wildman–Crippen MR) is 93.5 cm³/mol. The van der Waals surface area contributed by atoms with Crippen molar-refractivity contribution in [1.29, 1.82) is 0 Å². The molecule has 1 amide bonds. The van der Waals surface area contributed by atoms with Crippen LogP contribution in [0, 0.1) is 20.8 Å². The molecule has 1 atom stereocenters. The Morgan fingerprint density at radius 1 is 1.35 bits per heavy atom. The van der Waals surface area contributed by atoms with Crippen LogP contribution in [0.15, 0.2) is 16.9 Å². The van der Waals surface area contributed by atoms with Crippen LogP contribution in [0.5, 0.6) is 0 Å². The highest BCUT2D eigenvalue weighted by Gasteiger charge is 2.32. The third-order valence-electron chi connectivity index (χ3n) is 5.13. The van der Waals surface area contributed by atoms with E-state index in [2.05, 4.69) is 20.2 Å². The monoisotopic (exact) mass is 354 g/mol. The number of aromatic nitrogens is 5. The molecule has 3 aromatic rings. The number of hydrogen-bond donors (Lipinski definition) is 0. The first-order valence-corrected chi connectivity index (χ1v) is 8.93. The van der Waals surface area contributed by atoms with Crippen molar-refractivity contribution in [1.82, 2.24) is 29.6 Å². The molecule has 0 saturated carbocycles. The van der Waals surface area contributed by atoms with Crippen molar-refractivity contribution in [2.75, 3.05) is 6.54 Å². The van der Waals surface area contributed by atoms with Gasteiger partial charge in [-0.3, -0.25) is 4.79 Å². The molecule has 1 fully saturated rings. The van der Waals surface area contributed by atoms with Crippen molar-refractivity contribution in [2.24, 2.45) is 0 Å². The third-order valence-corrected chi connectivity index (χ3v) is 5.13. The molecule has 1 saturated heterocycles. The highest BCUT2D eigenvalue weighted by molar-refractivity contribution is 5.77. The standard InChI is InChI=1S/C18H22N6O2/c1-11-9-16(26-22-11)15-5-4-8-23(15)17(25)7-6-14-12(2)21-18-19-10-20-24(18)13(14)3/h9-10,15H,4-8H2,1-3H3/t15-/m0/s1. The Morgan fingerprint density at radius 3 is 2.96 bits per heavy atom. The normalized spacial score (nSPS) is 17.3. The van der Waals surface area contributed by atoms with Gasteiger partial charge in [0.05, 0.1) is 11.7 Å². The smallest absolute Gasteiger partial charge is 0.252 e. The minimum absolute atomic E-state index is 0.00168. The van der Waals surface area contributed by atoms with E-state index in [9.17, 15) is 4.79 Å². The summed E-state index contributed by atoms with van der Waals surface area (Å²) in [5.74, 6) is 1.51. The van der Waals surface area contributed by atoms with Crippen molar-refractivity contribution in [3.05, 3.63) is 40.8 Å². The van der Waals surface area contributed by atoms with Gasteiger partial charge < -0.3 is 9.42 Å². The Kier molecular flexibility index (Phi) is 4.18. The maximum atomic E-state index is 12.9. The molecule has 3 aromatic heterocycles. The summed E-state index contributed by atoms with van der Waals surface area (Å²) in [4.78, 5) is 23.4. The van der Waals surface area contributed by atoms with Gasteiger partial charge in [0, 0.05) is 30.4 Å². The summed E-state index contributed by atoms with van der Waals surface area (Å²) in [6.45, 7) is 6.61. The number of carbonyl (C=O) groups is 1. The Morgan fingerprint density at radius 2 is 2.19 bits per heavy atom. The van der Waals surface area contributed by atoms with E-state index in [4.69, 9.17) is 4.52 Å². The third kappa shape index (κ3) is 2.85. The molecule has 0 spiro atoms. The number of rotatable bonds is 4. The quantitative estimate of drug-likeness (QED) is 0.714. The summed E-state index contributed by atoms with van der Waals surface area (Å²) in [5, 5.41) is 8.17. The largest absolute Gasteiger partial charge is 0.359 e. The van der Waals surface area contributed by atoms with Gasteiger partial charge in [0.25, 0.3) is 5.78 Å². The Hall–Kier alpha value is -2.77. The zero-order valence-electron chi connectivity index (χ0n) is 15.3. The first kappa shape index (κ1) is 16.7. The van der Waals surface area contributed by atoms with Gasteiger partial charge in [0.1, 0.15) is 6.33 Å². The summed E-state index contributed by atoms with van der Waals surface area (Å²) < 4.78 is 7.12. The van der Waals surface area contributed by atoms with E-state index in [0.717, 1.165) is 47.8 Å². The van der Waals surface area contributed by atoms with Gasteiger partial charge in [-0.15, -0.1) is 0 Å². The fourth-order valence-electron chi connectivity index (χ4n) is 3.79. The molecule has 0 bridgehead atoms. The van der Waals surface area contributed by atoms with E-state index in [1.807, 2.05) is 31.7 Å². The molecule has 8 nitrogen and oxygen atoms in total. The molecule has 4 heterocycles. The summed E-state index contributed by atoms with van der Waals surface area (Å²) in [5.41, 5.74) is 3.79. The molecule has 0 unspecified atom stereocenters. The van der Waals surface area contributed by atoms with E-state index in [1.54, 1.807) is 4.52 Å².